The van der Waals surface area contributed by atoms with E-state index in [9.17, 15) is 0 Å². The van der Waals surface area contributed by atoms with Gasteiger partial charge in [0.15, 0.2) is 5.79 Å². The van der Waals surface area contributed by atoms with Crippen molar-refractivity contribution in [2.24, 2.45) is 0 Å². The molecule has 2 fully saturated rings. The molecule has 0 aromatic heterocycles. The highest BCUT2D eigenvalue weighted by molar-refractivity contribution is 4.83. The summed E-state index contributed by atoms with van der Waals surface area (Å²) in [4.78, 5) is 0. The van der Waals surface area contributed by atoms with Crippen molar-refractivity contribution in [2.75, 3.05) is 19.8 Å². The van der Waals surface area contributed by atoms with Crippen molar-refractivity contribution in [1.29, 1.82) is 0 Å². The molecule has 0 aliphatic carbocycles. The molecule has 82 valence electrons. The molecule has 2 N–H and O–H groups in total. The number of aliphatic hydroxyl groups is 1. The van der Waals surface area contributed by atoms with Crippen molar-refractivity contribution in [3.8, 4) is 0 Å². The molecule has 0 amide bonds. The molecule has 4 heteroatoms. The van der Waals surface area contributed by atoms with Gasteiger partial charge < -0.3 is 19.9 Å². The van der Waals surface area contributed by atoms with E-state index in [1.54, 1.807) is 0 Å². The van der Waals surface area contributed by atoms with E-state index in [0.29, 0.717) is 12.6 Å². The fraction of sp³-hybridized carbons (Fsp3) is 1.00. The second-order valence-corrected chi connectivity index (χ2v) is 4.36. The Balaban J connectivity index is 1.83. The van der Waals surface area contributed by atoms with Crippen LogP contribution in [0.15, 0.2) is 0 Å². The highest BCUT2D eigenvalue weighted by Gasteiger charge is 2.39. The molecule has 4 nitrogen and oxygen atoms in total. The smallest absolute Gasteiger partial charge is 0.167 e. The van der Waals surface area contributed by atoms with Gasteiger partial charge in [0.05, 0.1) is 13.2 Å². The normalized spacial score (nSPS) is 43.3. The van der Waals surface area contributed by atoms with Gasteiger partial charge >= 0.3 is 0 Å². The summed E-state index contributed by atoms with van der Waals surface area (Å²) in [6.07, 6.45) is 3.18. The zero-order valence-corrected chi connectivity index (χ0v) is 8.66. The molecule has 2 aliphatic heterocycles. The van der Waals surface area contributed by atoms with E-state index in [1.807, 2.05) is 6.92 Å². The predicted octanol–water partition coefficient (Wildman–Crippen LogP) is 0.252. The highest BCUT2D eigenvalue weighted by atomic mass is 16.7. The largest absolute Gasteiger partial charge is 0.394 e. The van der Waals surface area contributed by atoms with Gasteiger partial charge in [0.2, 0.25) is 0 Å². The summed E-state index contributed by atoms with van der Waals surface area (Å²) in [7, 11) is 0. The molecule has 2 heterocycles. The number of ether oxygens (including phenoxy) is 2. The minimum atomic E-state index is -0.491. The van der Waals surface area contributed by atoms with Crippen LogP contribution in [0.4, 0.5) is 0 Å². The summed E-state index contributed by atoms with van der Waals surface area (Å²) in [5.74, 6) is -0.491. The van der Waals surface area contributed by atoms with Gasteiger partial charge in [-0.05, 0) is 26.3 Å². The van der Waals surface area contributed by atoms with Crippen LogP contribution in [0.2, 0.25) is 0 Å². The maximum atomic E-state index is 8.94. The molecule has 2 saturated heterocycles. The van der Waals surface area contributed by atoms with Gasteiger partial charge in [0, 0.05) is 12.5 Å². The van der Waals surface area contributed by atoms with Crippen LogP contribution in [-0.4, -0.2) is 42.8 Å². The third-order valence-corrected chi connectivity index (χ3v) is 2.97. The standard InChI is InChI=1S/C10H19NO3/c1-10(5-8-3-2-4-11-8)13-7-9(6-12)14-10/h8-9,11-12H,2-7H2,1H3. The second kappa shape index (κ2) is 4.14. The molecule has 0 radical (unpaired) electrons. The maximum absolute atomic E-state index is 8.94. The number of rotatable bonds is 3. The Hall–Kier alpha value is -0.160. The molecule has 14 heavy (non-hydrogen) atoms. The van der Waals surface area contributed by atoms with Crippen LogP contribution >= 0.6 is 0 Å². The minimum Gasteiger partial charge on any atom is -0.394 e. The summed E-state index contributed by atoms with van der Waals surface area (Å²) < 4.78 is 11.2. The number of nitrogens with one attached hydrogen (secondary N) is 1. The number of hydrogen-bond donors (Lipinski definition) is 2. The van der Waals surface area contributed by atoms with E-state index >= 15 is 0 Å². The minimum absolute atomic E-state index is 0.0493. The van der Waals surface area contributed by atoms with Crippen LogP contribution in [0, 0.1) is 0 Å². The number of aliphatic hydroxyl groups excluding tert-OH is 1. The lowest BCUT2D eigenvalue weighted by molar-refractivity contribution is -0.165. The Bertz CT molecular complexity index is 194. The fourth-order valence-corrected chi connectivity index (χ4v) is 2.27. The van der Waals surface area contributed by atoms with Crippen molar-refractivity contribution in [2.45, 2.75) is 44.1 Å². The van der Waals surface area contributed by atoms with Crippen LogP contribution in [0.3, 0.4) is 0 Å². The van der Waals surface area contributed by atoms with Gasteiger partial charge in [-0.3, -0.25) is 0 Å². The summed E-state index contributed by atoms with van der Waals surface area (Å²) in [5, 5.41) is 12.4. The van der Waals surface area contributed by atoms with E-state index in [1.165, 1.54) is 12.8 Å². The Kier molecular flexibility index (Phi) is 3.07. The van der Waals surface area contributed by atoms with Crippen molar-refractivity contribution < 1.29 is 14.6 Å². The molecule has 0 aromatic carbocycles. The first-order valence-electron chi connectivity index (χ1n) is 5.38. The van der Waals surface area contributed by atoms with Gasteiger partial charge in [-0.25, -0.2) is 0 Å². The average molecular weight is 201 g/mol. The fourth-order valence-electron chi connectivity index (χ4n) is 2.27. The van der Waals surface area contributed by atoms with Crippen LogP contribution in [-0.2, 0) is 9.47 Å². The van der Waals surface area contributed by atoms with Gasteiger partial charge in [-0.1, -0.05) is 0 Å². The molecule has 0 spiro atoms. The van der Waals surface area contributed by atoms with Crippen LogP contribution < -0.4 is 5.32 Å². The Morgan fingerprint density at radius 1 is 1.57 bits per heavy atom. The summed E-state index contributed by atoms with van der Waals surface area (Å²) >= 11 is 0. The lowest BCUT2D eigenvalue weighted by atomic mass is 10.1. The zero-order chi connectivity index (χ0) is 10.0. The average Bonchev–Trinajstić information content (AvgIpc) is 2.76. The van der Waals surface area contributed by atoms with Gasteiger partial charge in [0.1, 0.15) is 6.10 Å². The maximum Gasteiger partial charge on any atom is 0.167 e. The molecule has 3 atom stereocenters. The SMILES string of the molecule is CC1(CC2CCCN2)OCC(CO)O1. The van der Waals surface area contributed by atoms with E-state index in [-0.39, 0.29) is 12.7 Å². The van der Waals surface area contributed by atoms with Gasteiger partial charge in [-0.15, -0.1) is 0 Å². The van der Waals surface area contributed by atoms with E-state index in [2.05, 4.69) is 5.32 Å². The Labute approximate surface area is 84.6 Å². The van der Waals surface area contributed by atoms with Crippen molar-refractivity contribution in [1.82, 2.24) is 5.32 Å². The molecule has 2 rings (SSSR count). The van der Waals surface area contributed by atoms with Crippen LogP contribution in [0.1, 0.15) is 26.2 Å². The molecule has 0 bridgehead atoms. The topological polar surface area (TPSA) is 50.7 Å². The van der Waals surface area contributed by atoms with Crippen molar-refractivity contribution >= 4 is 0 Å². The summed E-state index contributed by atoms with van der Waals surface area (Å²) in [6.45, 7) is 3.63. The number of hydrogen-bond acceptors (Lipinski definition) is 4. The van der Waals surface area contributed by atoms with E-state index in [4.69, 9.17) is 14.6 Å². The highest BCUT2D eigenvalue weighted by Crippen LogP contribution is 2.29. The van der Waals surface area contributed by atoms with Gasteiger partial charge in [-0.2, -0.15) is 0 Å². The Morgan fingerprint density at radius 2 is 2.43 bits per heavy atom. The third-order valence-electron chi connectivity index (χ3n) is 2.97. The van der Waals surface area contributed by atoms with Crippen LogP contribution in [0.5, 0.6) is 0 Å². The molecular formula is C10H19NO3. The first-order chi connectivity index (χ1) is 6.72. The van der Waals surface area contributed by atoms with E-state index < -0.39 is 5.79 Å². The molecule has 0 aromatic rings. The van der Waals surface area contributed by atoms with Crippen molar-refractivity contribution in [3.05, 3.63) is 0 Å². The quantitative estimate of drug-likeness (QED) is 0.687. The lowest BCUT2D eigenvalue weighted by Gasteiger charge is -2.26. The van der Waals surface area contributed by atoms with E-state index in [0.717, 1.165) is 13.0 Å². The first kappa shape index (κ1) is 10.4. The predicted molar refractivity (Wildman–Crippen MR) is 52.0 cm³/mol. The summed E-state index contributed by atoms with van der Waals surface area (Å²) in [6, 6.07) is 0.512. The lowest BCUT2D eigenvalue weighted by Crippen LogP contribution is -2.36. The second-order valence-electron chi connectivity index (χ2n) is 4.36. The van der Waals surface area contributed by atoms with Crippen molar-refractivity contribution in [3.63, 3.8) is 0 Å². The monoisotopic (exact) mass is 201 g/mol. The third kappa shape index (κ3) is 2.25. The van der Waals surface area contributed by atoms with Crippen LogP contribution in [0.25, 0.3) is 0 Å². The Morgan fingerprint density at radius 3 is 3.00 bits per heavy atom. The first-order valence-corrected chi connectivity index (χ1v) is 5.38. The molecule has 3 unspecified atom stereocenters. The zero-order valence-electron chi connectivity index (χ0n) is 8.66. The molecular weight excluding hydrogens is 182 g/mol. The molecule has 0 saturated carbocycles. The van der Waals surface area contributed by atoms with Gasteiger partial charge in [0.25, 0.3) is 0 Å². The molecule has 2 aliphatic rings. The summed E-state index contributed by atoms with van der Waals surface area (Å²) in [5.41, 5.74) is 0.